The highest BCUT2D eigenvalue weighted by Gasteiger charge is 2.46. The summed E-state index contributed by atoms with van der Waals surface area (Å²) in [5.74, 6) is -0.450. The van der Waals surface area contributed by atoms with Crippen molar-refractivity contribution in [1.29, 1.82) is 0 Å². The second kappa shape index (κ2) is 10.3. The number of aryl methyl sites for hydroxylation is 1. The predicted octanol–water partition coefficient (Wildman–Crippen LogP) is 1.35. The summed E-state index contributed by atoms with van der Waals surface area (Å²) in [5.41, 5.74) is 2.27. The molecule has 2 saturated heterocycles. The van der Waals surface area contributed by atoms with Gasteiger partial charge in [-0.3, -0.25) is 9.59 Å². The highest BCUT2D eigenvalue weighted by molar-refractivity contribution is 6.46. The number of nitrogens with one attached hydrogen (secondary N) is 1. The van der Waals surface area contributed by atoms with Gasteiger partial charge < -0.3 is 29.1 Å². The summed E-state index contributed by atoms with van der Waals surface area (Å²) in [4.78, 5) is 29.3. The molecule has 8 nitrogen and oxygen atoms in total. The van der Waals surface area contributed by atoms with Crippen molar-refractivity contribution < 1.29 is 33.8 Å². The molecule has 4 rings (SSSR count). The van der Waals surface area contributed by atoms with Crippen LogP contribution in [-0.4, -0.2) is 75.3 Å². The third-order valence-electron chi connectivity index (χ3n) is 6.49. The van der Waals surface area contributed by atoms with E-state index in [1.807, 2.05) is 19.1 Å². The summed E-state index contributed by atoms with van der Waals surface area (Å²) in [6.07, 6.45) is 0. The first-order valence-electron chi connectivity index (χ1n) is 11.4. The van der Waals surface area contributed by atoms with Crippen LogP contribution >= 0.6 is 0 Å². The van der Waals surface area contributed by atoms with Crippen molar-refractivity contribution in [3.8, 4) is 11.5 Å². The number of nitrogens with zero attached hydrogens (tertiary/aromatic N) is 1. The molecule has 180 valence electrons. The maximum Gasteiger partial charge on any atom is 0.295 e. The number of methoxy groups -OCH3 is 2. The molecule has 2 aliphatic rings. The Morgan fingerprint density at radius 2 is 1.74 bits per heavy atom. The van der Waals surface area contributed by atoms with E-state index in [1.165, 1.54) is 12.0 Å². The smallest absolute Gasteiger partial charge is 0.295 e. The van der Waals surface area contributed by atoms with Gasteiger partial charge in [0, 0.05) is 5.56 Å². The SMILES string of the molecule is COc1ccc(C2C(=C(O)c3ccc(C)cc3)C(=O)C(=O)N2CC[NH+]2CCOCC2)cc1OC. The van der Waals surface area contributed by atoms with Gasteiger partial charge in [-0.05, 0) is 24.6 Å². The molecule has 0 radical (unpaired) electrons. The van der Waals surface area contributed by atoms with Crippen molar-refractivity contribution in [3.63, 3.8) is 0 Å². The molecule has 1 unspecified atom stereocenters. The number of quaternary nitrogens is 1. The van der Waals surface area contributed by atoms with Gasteiger partial charge in [-0.1, -0.05) is 35.9 Å². The quantitative estimate of drug-likeness (QED) is 0.363. The molecule has 0 spiro atoms. The Morgan fingerprint density at radius 3 is 2.38 bits per heavy atom. The zero-order valence-corrected chi connectivity index (χ0v) is 19.8. The van der Waals surface area contributed by atoms with Gasteiger partial charge in [-0.2, -0.15) is 0 Å². The lowest BCUT2D eigenvalue weighted by Gasteiger charge is -2.29. The van der Waals surface area contributed by atoms with E-state index in [4.69, 9.17) is 14.2 Å². The van der Waals surface area contributed by atoms with Crippen molar-refractivity contribution >= 4 is 17.4 Å². The minimum absolute atomic E-state index is 0.0815. The van der Waals surface area contributed by atoms with Gasteiger partial charge in [0.05, 0.1) is 52.1 Å². The summed E-state index contributed by atoms with van der Waals surface area (Å²) in [6.45, 7) is 6.08. The lowest BCUT2D eigenvalue weighted by molar-refractivity contribution is -0.907. The number of aliphatic hydroxyl groups is 1. The van der Waals surface area contributed by atoms with Crippen LogP contribution < -0.4 is 14.4 Å². The first kappa shape index (κ1) is 23.8. The van der Waals surface area contributed by atoms with Crippen LogP contribution in [0.5, 0.6) is 11.5 Å². The van der Waals surface area contributed by atoms with Crippen LogP contribution in [-0.2, 0) is 14.3 Å². The van der Waals surface area contributed by atoms with Crippen LogP contribution in [0.15, 0.2) is 48.0 Å². The van der Waals surface area contributed by atoms with Gasteiger partial charge in [-0.25, -0.2) is 0 Å². The number of amides is 1. The maximum atomic E-state index is 13.2. The lowest BCUT2D eigenvalue weighted by atomic mass is 9.94. The first-order valence-corrected chi connectivity index (χ1v) is 11.4. The van der Waals surface area contributed by atoms with E-state index in [1.54, 1.807) is 42.3 Å². The van der Waals surface area contributed by atoms with Crippen LogP contribution in [0.2, 0.25) is 0 Å². The summed E-state index contributed by atoms with van der Waals surface area (Å²) < 4.78 is 16.3. The van der Waals surface area contributed by atoms with Gasteiger partial charge in [0.25, 0.3) is 11.7 Å². The van der Waals surface area contributed by atoms with Crippen molar-refractivity contribution in [2.75, 3.05) is 53.6 Å². The number of likely N-dealkylation sites (tertiary alicyclic amines) is 1. The van der Waals surface area contributed by atoms with E-state index in [0.717, 1.165) is 18.7 Å². The molecule has 1 amide bonds. The third-order valence-corrected chi connectivity index (χ3v) is 6.49. The zero-order chi connectivity index (χ0) is 24.2. The van der Waals surface area contributed by atoms with Gasteiger partial charge in [0.2, 0.25) is 0 Å². The van der Waals surface area contributed by atoms with E-state index >= 15 is 0 Å². The Morgan fingerprint density at radius 1 is 1.06 bits per heavy atom. The van der Waals surface area contributed by atoms with Crippen LogP contribution in [0.3, 0.4) is 0 Å². The number of aliphatic hydroxyl groups excluding tert-OH is 1. The minimum atomic E-state index is -0.735. The standard InChI is InChI=1S/C26H30N2O6/c1-17-4-6-18(7-5-17)24(29)22-23(19-8-9-20(32-2)21(16-19)33-3)28(26(31)25(22)30)11-10-27-12-14-34-15-13-27/h4-9,16,23,29H,10-15H2,1-3H3/p+1. The second-order valence-corrected chi connectivity index (χ2v) is 8.59. The van der Waals surface area contributed by atoms with Crippen LogP contribution in [0.1, 0.15) is 22.7 Å². The van der Waals surface area contributed by atoms with Crippen molar-refractivity contribution in [2.24, 2.45) is 0 Å². The lowest BCUT2D eigenvalue weighted by Crippen LogP contribution is -3.14. The fourth-order valence-electron chi connectivity index (χ4n) is 4.54. The molecule has 2 aliphatic heterocycles. The molecule has 0 saturated carbocycles. The average molecular weight is 468 g/mol. The molecule has 2 N–H and O–H groups in total. The van der Waals surface area contributed by atoms with E-state index in [9.17, 15) is 14.7 Å². The topological polar surface area (TPSA) is 89.7 Å². The highest BCUT2D eigenvalue weighted by Crippen LogP contribution is 2.41. The van der Waals surface area contributed by atoms with E-state index in [2.05, 4.69) is 0 Å². The number of ketones is 1. The molecule has 8 heteroatoms. The number of hydrogen-bond acceptors (Lipinski definition) is 6. The highest BCUT2D eigenvalue weighted by atomic mass is 16.5. The number of carbonyl (C=O) groups excluding carboxylic acids is 2. The number of carbonyl (C=O) groups is 2. The van der Waals surface area contributed by atoms with Gasteiger partial charge in [-0.15, -0.1) is 0 Å². The molecule has 0 aromatic heterocycles. The summed E-state index contributed by atoms with van der Waals surface area (Å²) in [6, 6.07) is 11.8. The molecule has 0 aliphatic carbocycles. The third kappa shape index (κ3) is 4.64. The number of Topliss-reactive ketones (excluding diaryl/α,β-unsaturated/α-hetero) is 1. The molecule has 0 bridgehead atoms. The summed E-state index contributed by atoms with van der Waals surface area (Å²) in [5, 5.41) is 11.2. The van der Waals surface area contributed by atoms with Crippen molar-refractivity contribution in [3.05, 3.63) is 64.7 Å². The number of rotatable bonds is 7. The Labute approximate surface area is 199 Å². The second-order valence-electron chi connectivity index (χ2n) is 8.59. The molecule has 2 heterocycles. The van der Waals surface area contributed by atoms with E-state index in [-0.39, 0.29) is 11.3 Å². The van der Waals surface area contributed by atoms with Crippen LogP contribution in [0, 0.1) is 6.92 Å². The number of hydrogen-bond donors (Lipinski definition) is 2. The normalized spacial score (nSPS) is 20.6. The van der Waals surface area contributed by atoms with Gasteiger partial charge >= 0.3 is 0 Å². The number of ether oxygens (including phenoxy) is 3. The Hall–Kier alpha value is -3.36. The Bertz CT molecular complexity index is 1090. The van der Waals surface area contributed by atoms with Gasteiger partial charge in [0.1, 0.15) is 18.8 Å². The fourth-order valence-corrected chi connectivity index (χ4v) is 4.54. The number of morpholine rings is 1. The molecule has 2 aromatic rings. The summed E-state index contributed by atoms with van der Waals surface area (Å²) in [7, 11) is 3.08. The van der Waals surface area contributed by atoms with Crippen LogP contribution in [0.4, 0.5) is 0 Å². The largest absolute Gasteiger partial charge is 0.507 e. The number of benzene rings is 2. The molecule has 1 atom stereocenters. The maximum absolute atomic E-state index is 13.2. The van der Waals surface area contributed by atoms with E-state index < -0.39 is 17.7 Å². The van der Waals surface area contributed by atoms with Gasteiger partial charge in [0.15, 0.2) is 11.5 Å². The van der Waals surface area contributed by atoms with E-state index in [0.29, 0.717) is 48.9 Å². The fraction of sp³-hybridized carbons (Fsp3) is 0.385. The average Bonchev–Trinajstić information content (AvgIpc) is 3.12. The predicted molar refractivity (Wildman–Crippen MR) is 126 cm³/mol. The molecule has 2 fully saturated rings. The zero-order valence-electron chi connectivity index (χ0n) is 19.8. The monoisotopic (exact) mass is 467 g/mol. The summed E-state index contributed by atoms with van der Waals surface area (Å²) >= 11 is 0. The van der Waals surface area contributed by atoms with Crippen molar-refractivity contribution in [1.82, 2.24) is 4.90 Å². The Balaban J connectivity index is 1.77. The van der Waals surface area contributed by atoms with Crippen LogP contribution in [0.25, 0.3) is 5.76 Å². The first-order chi connectivity index (χ1) is 16.4. The molecular formula is C26H31N2O6+. The molecule has 34 heavy (non-hydrogen) atoms. The Kier molecular flexibility index (Phi) is 7.19. The molecule has 2 aromatic carbocycles. The molecular weight excluding hydrogens is 436 g/mol. The minimum Gasteiger partial charge on any atom is -0.507 e. The van der Waals surface area contributed by atoms with Crippen molar-refractivity contribution in [2.45, 2.75) is 13.0 Å².